The molecule has 0 aliphatic carbocycles. The van der Waals surface area contributed by atoms with Crippen molar-refractivity contribution in [2.75, 3.05) is 26.4 Å². The highest BCUT2D eigenvalue weighted by Gasteiger charge is 2.26. The number of hydrogen-bond acceptors (Lipinski definition) is 8. The molecule has 0 aromatic carbocycles. The Morgan fingerprint density at radius 1 is 0.348 bits per heavy atom. The molecule has 0 heterocycles. The van der Waals surface area contributed by atoms with Gasteiger partial charge in [-0.15, -0.1) is 0 Å². The smallest absolute Gasteiger partial charge is 0.462 e. The number of unbranched alkanes of at least 4 members (excludes halogenated alkanes) is 51. The van der Waals surface area contributed by atoms with Crippen molar-refractivity contribution in [1.29, 1.82) is 0 Å². The summed E-state index contributed by atoms with van der Waals surface area (Å²) in [6.07, 6.45) is 97.9. The highest BCUT2D eigenvalue weighted by Crippen LogP contribution is 2.43. The number of phosphoric acid groups is 1. The first kappa shape index (κ1) is 86.7. The van der Waals surface area contributed by atoms with Crippen LogP contribution in [0.3, 0.4) is 0 Å². The highest BCUT2D eigenvalue weighted by molar-refractivity contribution is 7.47. The molecule has 0 aliphatic heterocycles. The number of phosphoric ester groups is 1. The maximum Gasteiger partial charge on any atom is 0.472 e. The zero-order chi connectivity index (χ0) is 64.4. The van der Waals surface area contributed by atoms with Gasteiger partial charge < -0.3 is 20.1 Å². The summed E-state index contributed by atoms with van der Waals surface area (Å²) in [4.78, 5) is 35.4. The van der Waals surface area contributed by atoms with Crippen LogP contribution in [-0.4, -0.2) is 49.3 Å². The van der Waals surface area contributed by atoms with Crippen LogP contribution < -0.4 is 5.73 Å². The van der Waals surface area contributed by atoms with Crippen LogP contribution in [0.25, 0.3) is 0 Å². The fraction of sp³-hybridized carbons (Fsp3) is 0.848. The number of esters is 2. The standard InChI is InChI=1S/C79H148NO8P/c1-3-5-7-9-11-13-15-17-19-21-23-25-27-29-31-32-33-34-35-36-37-38-39-40-41-42-43-44-46-48-50-52-54-56-58-60-62-64-66-68-70-72-79(82)88-77(76-87-89(83,84)86-74-73-80)75-85-78(81)71-69-67-65-63-61-59-57-55-53-51-49-47-45-30-28-26-24-22-20-18-16-14-12-10-8-6-4-2/h5,7,11,13,17,19,22-25,77H,3-4,6,8-10,12,14-16,18,20-21,26-76,80H2,1-2H3,(H,83,84)/b7-5-,13-11-,19-17-,24-22-,25-23-. The fourth-order valence-corrected chi connectivity index (χ4v) is 12.5. The zero-order valence-corrected chi connectivity index (χ0v) is 59.8. The molecule has 0 aromatic heterocycles. The topological polar surface area (TPSA) is 134 Å². The molecule has 0 radical (unpaired) electrons. The first-order valence-corrected chi connectivity index (χ1v) is 40.3. The monoisotopic (exact) mass is 1270 g/mol. The average Bonchev–Trinajstić information content (AvgIpc) is 3.58. The van der Waals surface area contributed by atoms with Gasteiger partial charge in [-0.3, -0.25) is 18.6 Å². The van der Waals surface area contributed by atoms with Gasteiger partial charge in [0.15, 0.2) is 6.10 Å². The molecule has 0 saturated carbocycles. The molecule has 0 fully saturated rings. The molecule has 2 unspecified atom stereocenters. The molecule has 0 bridgehead atoms. The highest BCUT2D eigenvalue weighted by atomic mass is 31.2. The summed E-state index contributed by atoms with van der Waals surface area (Å²) in [5, 5.41) is 0. The van der Waals surface area contributed by atoms with Gasteiger partial charge in [-0.1, -0.05) is 370 Å². The van der Waals surface area contributed by atoms with Crippen LogP contribution >= 0.6 is 7.82 Å². The Morgan fingerprint density at radius 3 is 0.933 bits per heavy atom. The van der Waals surface area contributed by atoms with E-state index in [9.17, 15) is 19.0 Å². The number of allylic oxidation sites excluding steroid dienone is 10. The lowest BCUT2D eigenvalue weighted by molar-refractivity contribution is -0.161. The van der Waals surface area contributed by atoms with E-state index in [4.69, 9.17) is 24.3 Å². The molecule has 0 aliphatic rings. The summed E-state index contributed by atoms with van der Waals surface area (Å²) in [5.41, 5.74) is 5.41. The van der Waals surface area contributed by atoms with Crippen molar-refractivity contribution in [1.82, 2.24) is 0 Å². The Balaban J connectivity index is 3.74. The second-order valence-corrected chi connectivity index (χ2v) is 27.7. The number of carbonyl (C=O) groups is 2. The lowest BCUT2D eigenvalue weighted by atomic mass is 10.0. The summed E-state index contributed by atoms with van der Waals surface area (Å²) in [5.74, 6) is -0.804. The van der Waals surface area contributed by atoms with Crippen LogP contribution in [0.4, 0.5) is 0 Å². The van der Waals surface area contributed by atoms with E-state index in [1.54, 1.807) is 0 Å². The van der Waals surface area contributed by atoms with Crippen LogP contribution in [0.1, 0.15) is 399 Å². The van der Waals surface area contributed by atoms with Gasteiger partial charge >= 0.3 is 19.8 Å². The minimum Gasteiger partial charge on any atom is -0.462 e. The van der Waals surface area contributed by atoms with Crippen molar-refractivity contribution in [3.05, 3.63) is 60.8 Å². The molecule has 9 nitrogen and oxygen atoms in total. The summed E-state index contributed by atoms with van der Waals surface area (Å²) < 4.78 is 33.3. The normalized spacial score (nSPS) is 13.2. The molecular weight excluding hydrogens is 1120 g/mol. The van der Waals surface area contributed by atoms with Crippen molar-refractivity contribution in [3.8, 4) is 0 Å². The van der Waals surface area contributed by atoms with Gasteiger partial charge in [0.05, 0.1) is 13.2 Å². The van der Waals surface area contributed by atoms with Gasteiger partial charge in [-0.2, -0.15) is 0 Å². The summed E-state index contributed by atoms with van der Waals surface area (Å²) >= 11 is 0. The minimum atomic E-state index is -4.39. The number of rotatable bonds is 74. The van der Waals surface area contributed by atoms with Crippen LogP contribution in [0.15, 0.2) is 60.8 Å². The second-order valence-electron chi connectivity index (χ2n) is 26.2. The third-order valence-corrected chi connectivity index (χ3v) is 18.4. The van der Waals surface area contributed by atoms with Crippen molar-refractivity contribution in [2.45, 2.75) is 405 Å². The van der Waals surface area contributed by atoms with Gasteiger partial charge in [-0.05, 0) is 77.0 Å². The first-order valence-electron chi connectivity index (χ1n) is 38.8. The van der Waals surface area contributed by atoms with Crippen LogP contribution in [0.5, 0.6) is 0 Å². The summed E-state index contributed by atoms with van der Waals surface area (Å²) in [6.45, 7) is 3.70. The predicted octanol–water partition coefficient (Wildman–Crippen LogP) is 25.8. The number of carbonyl (C=O) groups excluding carboxylic acids is 2. The van der Waals surface area contributed by atoms with Crippen molar-refractivity contribution in [3.63, 3.8) is 0 Å². The Morgan fingerprint density at radius 2 is 0.618 bits per heavy atom. The zero-order valence-electron chi connectivity index (χ0n) is 58.9. The lowest BCUT2D eigenvalue weighted by Gasteiger charge is -2.19. The Labute approximate surface area is 552 Å². The quantitative estimate of drug-likeness (QED) is 0.0264. The first-order chi connectivity index (χ1) is 43.8. The largest absolute Gasteiger partial charge is 0.472 e. The Hall–Kier alpha value is -2.29. The number of ether oxygens (including phenoxy) is 2. The van der Waals surface area contributed by atoms with E-state index < -0.39 is 26.5 Å². The molecule has 89 heavy (non-hydrogen) atoms. The molecule has 522 valence electrons. The summed E-state index contributed by atoms with van der Waals surface area (Å²) in [7, 11) is -4.39. The maximum absolute atomic E-state index is 12.8. The molecule has 10 heteroatoms. The summed E-state index contributed by atoms with van der Waals surface area (Å²) in [6, 6.07) is 0. The van der Waals surface area contributed by atoms with Gasteiger partial charge in [0.2, 0.25) is 0 Å². The van der Waals surface area contributed by atoms with E-state index in [1.807, 2.05) is 0 Å². The van der Waals surface area contributed by atoms with Gasteiger partial charge in [0, 0.05) is 19.4 Å². The molecule has 0 rings (SSSR count). The van der Waals surface area contributed by atoms with Crippen LogP contribution in [0.2, 0.25) is 0 Å². The van der Waals surface area contributed by atoms with Gasteiger partial charge in [0.25, 0.3) is 0 Å². The molecule has 0 saturated heterocycles. The van der Waals surface area contributed by atoms with E-state index in [0.717, 1.165) is 57.8 Å². The Bertz CT molecular complexity index is 1640. The van der Waals surface area contributed by atoms with Gasteiger partial charge in [0.1, 0.15) is 6.61 Å². The molecule has 3 N–H and O–H groups in total. The molecule has 2 atom stereocenters. The molecule has 0 spiro atoms. The molecule has 0 aromatic rings. The van der Waals surface area contributed by atoms with E-state index in [2.05, 4.69) is 74.6 Å². The van der Waals surface area contributed by atoms with Crippen LogP contribution in [0, 0.1) is 0 Å². The lowest BCUT2D eigenvalue weighted by Crippen LogP contribution is -2.29. The van der Waals surface area contributed by atoms with Crippen LogP contribution in [-0.2, 0) is 32.7 Å². The van der Waals surface area contributed by atoms with E-state index in [-0.39, 0.29) is 38.6 Å². The number of hydrogen-bond donors (Lipinski definition) is 2. The van der Waals surface area contributed by atoms with E-state index in [1.165, 1.54) is 308 Å². The maximum atomic E-state index is 12.8. The SMILES string of the molecule is CC/C=C\C/C=C\C/C=C\C/C=C\CCCCCCCCCCCCCCCCCCCCCCCCCCCCCCC(=O)OC(COC(=O)CCCCCCCCCCCCCCCCC/C=C\CCCCCCCCCC)COP(=O)(O)OCCN. The van der Waals surface area contributed by atoms with E-state index in [0.29, 0.717) is 6.42 Å². The molecular formula is C79H148NO8P. The van der Waals surface area contributed by atoms with Crippen molar-refractivity contribution in [2.24, 2.45) is 5.73 Å². The van der Waals surface area contributed by atoms with E-state index >= 15 is 0 Å². The third-order valence-electron chi connectivity index (χ3n) is 17.4. The minimum absolute atomic E-state index is 0.0557. The Kier molecular flexibility index (Phi) is 72.8. The van der Waals surface area contributed by atoms with Crippen molar-refractivity contribution < 1.29 is 37.6 Å². The molecule has 0 amide bonds. The predicted molar refractivity (Wildman–Crippen MR) is 386 cm³/mol. The number of nitrogens with two attached hydrogens (primary N) is 1. The fourth-order valence-electron chi connectivity index (χ4n) is 11.7. The average molecular weight is 1270 g/mol. The van der Waals surface area contributed by atoms with Crippen molar-refractivity contribution >= 4 is 19.8 Å². The third kappa shape index (κ3) is 74.6. The second kappa shape index (κ2) is 74.7. The van der Waals surface area contributed by atoms with Gasteiger partial charge in [-0.25, -0.2) is 4.57 Å².